The van der Waals surface area contributed by atoms with Gasteiger partial charge in [-0.15, -0.1) is 24.8 Å². The molecule has 1 amide bonds. The molecule has 0 radical (unpaired) electrons. The molecule has 0 bridgehead atoms. The van der Waals surface area contributed by atoms with Crippen molar-refractivity contribution < 1.29 is 9.53 Å². The topological polar surface area (TPSA) is 53.6 Å². The van der Waals surface area contributed by atoms with Gasteiger partial charge in [-0.1, -0.05) is 30.3 Å². The molecule has 2 fully saturated rings. The molecule has 0 aliphatic carbocycles. The number of nitrogens with zero attached hydrogens (tertiary/aromatic N) is 1. The number of hydrogen-bond acceptors (Lipinski definition) is 4. The Morgan fingerprint density at radius 3 is 2.62 bits per heavy atom. The Kier molecular flexibility index (Phi) is 11.2. The molecule has 2 atom stereocenters. The van der Waals surface area contributed by atoms with Gasteiger partial charge in [0.05, 0.1) is 13.2 Å². The zero-order valence-electron chi connectivity index (χ0n) is 15.2. The summed E-state index contributed by atoms with van der Waals surface area (Å²) in [6.07, 6.45) is 3.76. The summed E-state index contributed by atoms with van der Waals surface area (Å²) in [5.74, 6) is 0.170. The van der Waals surface area contributed by atoms with E-state index in [1.54, 1.807) is 0 Å². The Bertz CT molecular complexity index is 507. The van der Waals surface area contributed by atoms with E-state index < -0.39 is 0 Å². The van der Waals surface area contributed by atoms with Crippen molar-refractivity contribution >= 4 is 30.7 Å². The van der Waals surface area contributed by atoms with Gasteiger partial charge in [0.2, 0.25) is 5.91 Å². The molecule has 0 saturated carbocycles. The lowest BCUT2D eigenvalue weighted by atomic mass is 10.0. The van der Waals surface area contributed by atoms with Crippen LogP contribution < -0.4 is 10.6 Å². The minimum Gasteiger partial charge on any atom is -0.379 e. The van der Waals surface area contributed by atoms with Gasteiger partial charge in [0.25, 0.3) is 0 Å². The van der Waals surface area contributed by atoms with E-state index in [-0.39, 0.29) is 36.8 Å². The number of halogens is 2. The highest BCUT2D eigenvalue weighted by Gasteiger charge is 2.22. The van der Waals surface area contributed by atoms with E-state index in [1.807, 2.05) is 6.07 Å². The van der Waals surface area contributed by atoms with Crippen molar-refractivity contribution in [3.63, 3.8) is 0 Å². The lowest BCUT2D eigenvalue weighted by Gasteiger charge is -2.31. The first kappa shape index (κ1) is 23.2. The average Bonchev–Trinajstić information content (AvgIpc) is 3.09. The Balaban J connectivity index is 0.00000169. The van der Waals surface area contributed by atoms with Crippen LogP contribution in [-0.4, -0.2) is 62.3 Å². The summed E-state index contributed by atoms with van der Waals surface area (Å²) < 4.78 is 5.43. The van der Waals surface area contributed by atoms with Crippen molar-refractivity contribution in [3.05, 3.63) is 35.9 Å². The summed E-state index contributed by atoms with van der Waals surface area (Å²) in [6, 6.07) is 10.9. The van der Waals surface area contributed by atoms with Crippen LogP contribution in [0, 0.1) is 0 Å². The first-order valence-electron chi connectivity index (χ1n) is 9.16. The van der Waals surface area contributed by atoms with Crippen molar-refractivity contribution in [1.29, 1.82) is 0 Å². The SMILES string of the molecule is Cl.Cl.O=C(CC1CCCN1)NC(Cc1ccccc1)CN1CCOCC1. The monoisotopic (exact) mass is 403 g/mol. The van der Waals surface area contributed by atoms with E-state index in [0.29, 0.717) is 12.5 Å². The third-order valence-electron chi connectivity index (χ3n) is 4.87. The maximum absolute atomic E-state index is 12.4. The number of nitrogens with one attached hydrogen (secondary N) is 2. The van der Waals surface area contributed by atoms with Gasteiger partial charge < -0.3 is 15.4 Å². The van der Waals surface area contributed by atoms with E-state index in [2.05, 4.69) is 39.8 Å². The third-order valence-corrected chi connectivity index (χ3v) is 4.87. The van der Waals surface area contributed by atoms with Crippen LogP contribution in [0.2, 0.25) is 0 Å². The molecule has 1 aromatic rings. The predicted molar refractivity (Wildman–Crippen MR) is 109 cm³/mol. The van der Waals surface area contributed by atoms with Crippen LogP contribution in [0.1, 0.15) is 24.8 Å². The standard InChI is InChI=1S/C19H29N3O2.2ClH/c23-19(14-17-7-4-8-20-17)21-18(13-16-5-2-1-3-6-16)15-22-9-11-24-12-10-22;;/h1-3,5-6,17-18,20H,4,7-15H2,(H,21,23);2*1H. The number of carbonyl (C=O) groups excluding carboxylic acids is 1. The minimum atomic E-state index is 0. The average molecular weight is 404 g/mol. The van der Waals surface area contributed by atoms with E-state index in [1.165, 1.54) is 12.0 Å². The smallest absolute Gasteiger partial charge is 0.221 e. The van der Waals surface area contributed by atoms with E-state index >= 15 is 0 Å². The molecule has 3 rings (SSSR count). The number of ether oxygens (including phenoxy) is 1. The van der Waals surface area contributed by atoms with E-state index in [4.69, 9.17) is 4.74 Å². The van der Waals surface area contributed by atoms with Crippen molar-refractivity contribution in [2.24, 2.45) is 0 Å². The second-order valence-electron chi connectivity index (χ2n) is 6.86. The fourth-order valence-corrected chi connectivity index (χ4v) is 3.60. The highest BCUT2D eigenvalue weighted by Crippen LogP contribution is 2.10. The van der Waals surface area contributed by atoms with Crippen LogP contribution in [0.3, 0.4) is 0 Å². The highest BCUT2D eigenvalue weighted by molar-refractivity contribution is 5.85. The van der Waals surface area contributed by atoms with E-state index in [0.717, 1.165) is 52.2 Å². The number of benzene rings is 1. The van der Waals surface area contributed by atoms with Gasteiger partial charge in [0, 0.05) is 38.1 Å². The molecule has 26 heavy (non-hydrogen) atoms. The van der Waals surface area contributed by atoms with Gasteiger partial charge in [0.1, 0.15) is 0 Å². The molecule has 7 heteroatoms. The Labute approximate surface area is 169 Å². The van der Waals surface area contributed by atoms with Gasteiger partial charge >= 0.3 is 0 Å². The number of rotatable bonds is 7. The Hall–Kier alpha value is -0.850. The Morgan fingerprint density at radius 2 is 1.96 bits per heavy atom. The lowest BCUT2D eigenvalue weighted by molar-refractivity contribution is -0.122. The van der Waals surface area contributed by atoms with Crippen LogP contribution in [0.4, 0.5) is 0 Å². The zero-order chi connectivity index (χ0) is 16.6. The highest BCUT2D eigenvalue weighted by atomic mass is 35.5. The van der Waals surface area contributed by atoms with Gasteiger partial charge in [-0.25, -0.2) is 0 Å². The molecule has 0 aromatic heterocycles. The normalized spacial score (nSPS) is 21.3. The summed E-state index contributed by atoms with van der Waals surface area (Å²) in [5, 5.41) is 6.68. The van der Waals surface area contributed by atoms with Crippen molar-refractivity contribution in [2.75, 3.05) is 39.4 Å². The number of morpholine rings is 1. The molecule has 2 saturated heterocycles. The molecule has 148 valence electrons. The van der Waals surface area contributed by atoms with Crippen LogP contribution >= 0.6 is 24.8 Å². The Morgan fingerprint density at radius 1 is 1.23 bits per heavy atom. The fraction of sp³-hybridized carbons (Fsp3) is 0.632. The summed E-state index contributed by atoms with van der Waals surface area (Å²) in [6.45, 7) is 5.41. The quantitative estimate of drug-likeness (QED) is 0.731. The van der Waals surface area contributed by atoms with Crippen molar-refractivity contribution in [2.45, 2.75) is 37.8 Å². The van der Waals surface area contributed by atoms with Gasteiger partial charge in [-0.2, -0.15) is 0 Å². The summed E-state index contributed by atoms with van der Waals surface area (Å²) >= 11 is 0. The van der Waals surface area contributed by atoms with Crippen LogP contribution in [0.15, 0.2) is 30.3 Å². The molecule has 2 aliphatic heterocycles. The molecule has 2 unspecified atom stereocenters. The minimum absolute atomic E-state index is 0. The van der Waals surface area contributed by atoms with Gasteiger partial charge in [0.15, 0.2) is 0 Å². The molecule has 0 spiro atoms. The summed E-state index contributed by atoms with van der Waals surface area (Å²) in [7, 11) is 0. The van der Waals surface area contributed by atoms with Crippen molar-refractivity contribution in [1.82, 2.24) is 15.5 Å². The second kappa shape index (κ2) is 12.5. The molecule has 5 nitrogen and oxygen atoms in total. The van der Waals surface area contributed by atoms with Gasteiger partial charge in [-0.05, 0) is 31.4 Å². The number of carbonyl (C=O) groups is 1. The second-order valence-corrected chi connectivity index (χ2v) is 6.86. The number of hydrogen-bond donors (Lipinski definition) is 2. The van der Waals surface area contributed by atoms with Crippen molar-refractivity contribution in [3.8, 4) is 0 Å². The molecule has 2 heterocycles. The molecular formula is C19H31Cl2N3O2. The lowest BCUT2D eigenvalue weighted by Crippen LogP contribution is -2.49. The van der Waals surface area contributed by atoms with E-state index in [9.17, 15) is 4.79 Å². The molecule has 1 aromatic carbocycles. The summed E-state index contributed by atoms with van der Waals surface area (Å²) in [5.41, 5.74) is 1.27. The fourth-order valence-electron chi connectivity index (χ4n) is 3.60. The first-order valence-corrected chi connectivity index (χ1v) is 9.16. The predicted octanol–water partition coefficient (Wildman–Crippen LogP) is 2.03. The van der Waals surface area contributed by atoms with Crippen LogP contribution in [0.25, 0.3) is 0 Å². The van der Waals surface area contributed by atoms with Crippen LogP contribution in [0.5, 0.6) is 0 Å². The molecule has 2 aliphatic rings. The molecule has 2 N–H and O–H groups in total. The molecular weight excluding hydrogens is 373 g/mol. The largest absolute Gasteiger partial charge is 0.379 e. The third kappa shape index (κ3) is 7.80. The summed E-state index contributed by atoms with van der Waals surface area (Å²) in [4.78, 5) is 14.8. The number of amides is 1. The van der Waals surface area contributed by atoms with Crippen LogP contribution in [-0.2, 0) is 16.0 Å². The maximum atomic E-state index is 12.4. The first-order chi connectivity index (χ1) is 11.8. The van der Waals surface area contributed by atoms with Gasteiger partial charge in [-0.3, -0.25) is 9.69 Å². The zero-order valence-corrected chi connectivity index (χ0v) is 16.8. The maximum Gasteiger partial charge on any atom is 0.221 e.